The van der Waals surface area contributed by atoms with E-state index < -0.39 is 0 Å². The van der Waals surface area contributed by atoms with Gasteiger partial charge in [-0.2, -0.15) is 0 Å². The van der Waals surface area contributed by atoms with Crippen LogP contribution in [0.3, 0.4) is 0 Å². The number of carbonyl (C=O) groups excluding carboxylic acids is 1. The molecule has 1 aromatic rings. The molecule has 122 valence electrons. The van der Waals surface area contributed by atoms with E-state index in [9.17, 15) is 4.79 Å². The summed E-state index contributed by atoms with van der Waals surface area (Å²) >= 11 is 0. The normalized spacial score (nSPS) is 18.9. The van der Waals surface area contributed by atoms with Crippen molar-refractivity contribution in [2.24, 2.45) is 0 Å². The van der Waals surface area contributed by atoms with Crippen LogP contribution in [0.1, 0.15) is 49.9 Å². The minimum Gasteiger partial charge on any atom is -0.490 e. The van der Waals surface area contributed by atoms with Gasteiger partial charge in [0.1, 0.15) is 12.9 Å². The van der Waals surface area contributed by atoms with E-state index in [0.29, 0.717) is 30.6 Å². The second-order valence-electron chi connectivity index (χ2n) is 5.70. The molecule has 1 aliphatic heterocycles. The molecule has 2 rings (SSSR count). The zero-order valence-electron chi connectivity index (χ0n) is 13.7. The number of likely N-dealkylation sites (tertiary alicyclic amines) is 1. The number of piperidine rings is 1. The minimum absolute atomic E-state index is 0.558. The quantitative estimate of drug-likeness (QED) is 0.689. The average molecular weight is 305 g/mol. The largest absolute Gasteiger partial charge is 0.490 e. The van der Waals surface area contributed by atoms with Crippen molar-refractivity contribution in [3.8, 4) is 11.5 Å². The van der Waals surface area contributed by atoms with Crippen molar-refractivity contribution < 1.29 is 14.3 Å². The summed E-state index contributed by atoms with van der Waals surface area (Å²) < 4.78 is 11.5. The molecule has 1 fully saturated rings. The van der Waals surface area contributed by atoms with E-state index in [2.05, 4.69) is 11.8 Å². The molecule has 0 N–H and O–H groups in total. The van der Waals surface area contributed by atoms with Gasteiger partial charge >= 0.3 is 0 Å². The number of aldehydes is 1. The van der Waals surface area contributed by atoms with Gasteiger partial charge in [0.15, 0.2) is 11.5 Å². The Morgan fingerprint density at radius 2 is 2.09 bits per heavy atom. The van der Waals surface area contributed by atoms with Gasteiger partial charge in [0.25, 0.3) is 0 Å². The lowest BCUT2D eigenvalue weighted by atomic mass is 10.0. The monoisotopic (exact) mass is 305 g/mol. The van der Waals surface area contributed by atoms with Crippen LogP contribution in [-0.2, 0) is 0 Å². The molecule has 0 saturated carbocycles. The summed E-state index contributed by atoms with van der Waals surface area (Å²) in [7, 11) is 0. The fourth-order valence-electron chi connectivity index (χ4n) is 3.08. The third-order valence-corrected chi connectivity index (χ3v) is 4.26. The topological polar surface area (TPSA) is 38.8 Å². The van der Waals surface area contributed by atoms with E-state index in [1.807, 2.05) is 13.0 Å². The lowest BCUT2D eigenvalue weighted by Gasteiger charge is -2.35. The number of rotatable bonds is 8. The summed E-state index contributed by atoms with van der Waals surface area (Å²) in [6.45, 7) is 7.51. The summed E-state index contributed by atoms with van der Waals surface area (Å²) in [5.41, 5.74) is 0.609. The SMILES string of the molecule is CCOc1cc(C=O)ccc1OCCN1CCCC[C@H]1CC. The third kappa shape index (κ3) is 4.47. The number of carbonyl (C=O) groups is 1. The van der Waals surface area contributed by atoms with Crippen molar-refractivity contribution in [2.45, 2.75) is 45.6 Å². The zero-order valence-corrected chi connectivity index (χ0v) is 13.7. The molecule has 1 saturated heterocycles. The van der Waals surface area contributed by atoms with Crippen molar-refractivity contribution >= 4 is 6.29 Å². The van der Waals surface area contributed by atoms with Gasteiger partial charge in [0.05, 0.1) is 6.61 Å². The number of benzene rings is 1. The first-order valence-corrected chi connectivity index (χ1v) is 8.37. The number of hydrogen-bond donors (Lipinski definition) is 0. The summed E-state index contributed by atoms with van der Waals surface area (Å²) in [6.07, 6.45) is 5.96. The van der Waals surface area contributed by atoms with E-state index in [1.165, 1.54) is 32.2 Å². The Morgan fingerprint density at radius 1 is 1.23 bits per heavy atom. The lowest BCUT2D eigenvalue weighted by Crippen LogP contribution is -2.41. The summed E-state index contributed by atoms with van der Waals surface area (Å²) in [6, 6.07) is 6.02. The van der Waals surface area contributed by atoms with Crippen LogP contribution >= 0.6 is 0 Å². The molecule has 0 unspecified atom stereocenters. The average Bonchev–Trinajstić information content (AvgIpc) is 2.56. The summed E-state index contributed by atoms with van der Waals surface area (Å²) in [5, 5.41) is 0. The number of ether oxygens (including phenoxy) is 2. The molecule has 0 aromatic heterocycles. The van der Waals surface area contributed by atoms with E-state index in [1.54, 1.807) is 12.1 Å². The standard InChI is InChI=1S/C18H27NO3/c1-3-16-7-5-6-10-19(16)11-12-22-17-9-8-15(14-20)13-18(17)21-4-2/h8-9,13-14,16H,3-7,10-12H2,1-2H3/t16-/m1/s1. The van der Waals surface area contributed by atoms with Crippen LogP contribution in [0, 0.1) is 0 Å². The Balaban J connectivity index is 1.91. The van der Waals surface area contributed by atoms with Gasteiger partial charge in [0, 0.05) is 18.2 Å². The third-order valence-electron chi connectivity index (χ3n) is 4.26. The van der Waals surface area contributed by atoms with Gasteiger partial charge in [-0.05, 0) is 50.9 Å². The van der Waals surface area contributed by atoms with Crippen molar-refractivity contribution in [1.29, 1.82) is 0 Å². The Kier molecular flexibility index (Phi) is 6.72. The second kappa shape index (κ2) is 8.79. The molecule has 1 aromatic carbocycles. The highest BCUT2D eigenvalue weighted by Gasteiger charge is 2.20. The van der Waals surface area contributed by atoms with Crippen molar-refractivity contribution in [1.82, 2.24) is 4.90 Å². The van der Waals surface area contributed by atoms with E-state index >= 15 is 0 Å². The predicted octanol–water partition coefficient (Wildman–Crippen LogP) is 3.54. The Bertz CT molecular complexity index is 475. The first-order valence-electron chi connectivity index (χ1n) is 8.37. The molecule has 4 nitrogen and oxygen atoms in total. The van der Waals surface area contributed by atoms with Crippen LogP contribution in [-0.4, -0.2) is 43.5 Å². The fourth-order valence-corrected chi connectivity index (χ4v) is 3.08. The Morgan fingerprint density at radius 3 is 2.82 bits per heavy atom. The van der Waals surface area contributed by atoms with Gasteiger partial charge < -0.3 is 9.47 Å². The molecule has 0 aliphatic carbocycles. The Labute approximate surface area is 133 Å². The highest BCUT2D eigenvalue weighted by Crippen LogP contribution is 2.28. The molecule has 0 radical (unpaired) electrons. The maximum atomic E-state index is 10.9. The first kappa shape index (κ1) is 16.8. The molecule has 4 heteroatoms. The predicted molar refractivity (Wildman–Crippen MR) is 88.0 cm³/mol. The highest BCUT2D eigenvalue weighted by atomic mass is 16.5. The Hall–Kier alpha value is -1.55. The van der Waals surface area contributed by atoms with Gasteiger partial charge in [0.2, 0.25) is 0 Å². The molecule has 0 bridgehead atoms. The maximum Gasteiger partial charge on any atom is 0.161 e. The summed E-state index contributed by atoms with van der Waals surface area (Å²) in [5.74, 6) is 1.37. The van der Waals surface area contributed by atoms with Crippen LogP contribution in [0.15, 0.2) is 18.2 Å². The van der Waals surface area contributed by atoms with E-state index in [0.717, 1.165) is 18.6 Å². The van der Waals surface area contributed by atoms with Crippen LogP contribution in [0.2, 0.25) is 0 Å². The van der Waals surface area contributed by atoms with Crippen LogP contribution in [0.5, 0.6) is 11.5 Å². The number of nitrogens with zero attached hydrogens (tertiary/aromatic N) is 1. The maximum absolute atomic E-state index is 10.9. The molecule has 0 amide bonds. The highest BCUT2D eigenvalue weighted by molar-refractivity contribution is 5.76. The molecule has 1 atom stereocenters. The van der Waals surface area contributed by atoms with Gasteiger partial charge in [-0.25, -0.2) is 0 Å². The first-order chi connectivity index (χ1) is 10.8. The smallest absolute Gasteiger partial charge is 0.161 e. The van der Waals surface area contributed by atoms with Gasteiger partial charge in [-0.3, -0.25) is 9.69 Å². The van der Waals surface area contributed by atoms with E-state index in [4.69, 9.17) is 9.47 Å². The lowest BCUT2D eigenvalue weighted by molar-refractivity contribution is 0.112. The van der Waals surface area contributed by atoms with Gasteiger partial charge in [-0.1, -0.05) is 13.3 Å². The van der Waals surface area contributed by atoms with Crippen LogP contribution in [0.4, 0.5) is 0 Å². The molecule has 22 heavy (non-hydrogen) atoms. The molecule has 1 heterocycles. The molecule has 1 aliphatic rings. The van der Waals surface area contributed by atoms with Crippen LogP contribution in [0.25, 0.3) is 0 Å². The van der Waals surface area contributed by atoms with Crippen molar-refractivity contribution in [3.63, 3.8) is 0 Å². The zero-order chi connectivity index (χ0) is 15.8. The van der Waals surface area contributed by atoms with Crippen molar-refractivity contribution in [2.75, 3.05) is 26.3 Å². The molecular weight excluding hydrogens is 278 g/mol. The molecular formula is C18H27NO3. The second-order valence-corrected chi connectivity index (χ2v) is 5.70. The fraction of sp³-hybridized carbons (Fsp3) is 0.611. The minimum atomic E-state index is 0.558. The van der Waals surface area contributed by atoms with Crippen molar-refractivity contribution in [3.05, 3.63) is 23.8 Å². The van der Waals surface area contributed by atoms with Crippen LogP contribution < -0.4 is 9.47 Å². The number of hydrogen-bond acceptors (Lipinski definition) is 4. The van der Waals surface area contributed by atoms with E-state index in [-0.39, 0.29) is 0 Å². The summed E-state index contributed by atoms with van der Waals surface area (Å²) in [4.78, 5) is 13.4. The van der Waals surface area contributed by atoms with Gasteiger partial charge in [-0.15, -0.1) is 0 Å². The molecule has 0 spiro atoms.